The van der Waals surface area contributed by atoms with E-state index < -0.39 is 15.6 Å². The van der Waals surface area contributed by atoms with E-state index in [0.29, 0.717) is 30.5 Å². The highest BCUT2D eigenvalue weighted by Crippen LogP contribution is 2.26. The minimum atomic E-state index is -3.43. The third kappa shape index (κ3) is 3.70. The summed E-state index contributed by atoms with van der Waals surface area (Å²) in [5.41, 5.74) is 0.707. The summed E-state index contributed by atoms with van der Waals surface area (Å²) in [6.07, 6.45) is 0. The van der Waals surface area contributed by atoms with E-state index in [1.807, 2.05) is 0 Å². The molecule has 2 saturated heterocycles. The van der Waals surface area contributed by atoms with Crippen LogP contribution in [0.3, 0.4) is 0 Å². The van der Waals surface area contributed by atoms with E-state index in [1.54, 1.807) is 29.2 Å². The topological polar surface area (TPSA) is 66.5 Å². The molecule has 1 aromatic carbocycles. The summed E-state index contributed by atoms with van der Waals surface area (Å²) in [6, 6.07) is 7.14. The van der Waals surface area contributed by atoms with Gasteiger partial charge < -0.3 is 10.2 Å². The van der Waals surface area contributed by atoms with E-state index in [-0.39, 0.29) is 11.7 Å². The first-order valence-corrected chi connectivity index (χ1v) is 9.98. The van der Waals surface area contributed by atoms with E-state index in [2.05, 4.69) is 21.2 Å². The first-order valence-electron chi connectivity index (χ1n) is 7.36. The van der Waals surface area contributed by atoms with Crippen molar-refractivity contribution < 1.29 is 13.2 Å². The Bertz CT molecular complexity index is 648. The third-order valence-electron chi connectivity index (χ3n) is 4.39. The smallest absolute Gasteiger partial charge is 0.237 e. The minimum Gasteiger partial charge on any atom is -0.341 e. The summed E-state index contributed by atoms with van der Waals surface area (Å²) in [6.45, 7) is 3.23. The molecule has 0 aromatic heterocycles. The largest absolute Gasteiger partial charge is 0.341 e. The quantitative estimate of drug-likeness (QED) is 0.839. The number of nitrogens with zero attached hydrogens (tertiary/aromatic N) is 1. The number of hydrogen-bond acceptors (Lipinski definition) is 4. The van der Waals surface area contributed by atoms with Crippen LogP contribution in [0.25, 0.3) is 0 Å². The number of rotatable bonds is 4. The molecule has 120 valence electrons. The van der Waals surface area contributed by atoms with E-state index in [4.69, 9.17) is 0 Å². The molecule has 0 unspecified atom stereocenters. The maximum absolute atomic E-state index is 12.3. The molecule has 0 bridgehead atoms. The highest BCUT2D eigenvalue weighted by atomic mass is 79.9. The summed E-state index contributed by atoms with van der Waals surface area (Å²) in [4.78, 5) is 14.0. The fourth-order valence-corrected chi connectivity index (χ4v) is 4.85. The maximum Gasteiger partial charge on any atom is 0.237 e. The monoisotopic (exact) mass is 386 g/mol. The van der Waals surface area contributed by atoms with Gasteiger partial charge in [0.25, 0.3) is 0 Å². The van der Waals surface area contributed by atoms with E-state index in [0.717, 1.165) is 17.6 Å². The number of nitrogens with one attached hydrogen (secondary N) is 1. The molecule has 5 nitrogen and oxygen atoms in total. The van der Waals surface area contributed by atoms with Crippen molar-refractivity contribution >= 4 is 31.7 Å². The van der Waals surface area contributed by atoms with Gasteiger partial charge in [-0.2, -0.15) is 0 Å². The highest BCUT2D eigenvalue weighted by molar-refractivity contribution is 9.10. The Balaban J connectivity index is 1.59. The van der Waals surface area contributed by atoms with Gasteiger partial charge in [-0.15, -0.1) is 0 Å². The predicted octanol–water partition coefficient (Wildman–Crippen LogP) is 1.04. The van der Waals surface area contributed by atoms with Gasteiger partial charge in [0.1, 0.15) is 5.75 Å². The molecule has 2 atom stereocenters. The van der Waals surface area contributed by atoms with Crippen LogP contribution in [-0.4, -0.2) is 51.2 Å². The summed E-state index contributed by atoms with van der Waals surface area (Å²) in [5, 5.41) is 3.31. The molecule has 2 aliphatic heterocycles. The summed E-state index contributed by atoms with van der Waals surface area (Å²) in [5.74, 6) is 0.229. The van der Waals surface area contributed by atoms with Gasteiger partial charge in [0.2, 0.25) is 5.91 Å². The van der Waals surface area contributed by atoms with Crippen LogP contribution in [0.5, 0.6) is 0 Å². The number of likely N-dealkylation sites (tertiary alicyclic amines) is 1. The van der Waals surface area contributed by atoms with Gasteiger partial charge in [0.05, 0.1) is 5.75 Å². The number of carbonyl (C=O) groups excluding carboxylic acids is 1. The molecular weight excluding hydrogens is 368 g/mol. The molecule has 7 heteroatoms. The second kappa shape index (κ2) is 6.29. The molecule has 0 radical (unpaired) electrons. The lowest BCUT2D eigenvalue weighted by atomic mass is 10.0. The average molecular weight is 387 g/mol. The number of benzene rings is 1. The summed E-state index contributed by atoms with van der Waals surface area (Å²) in [7, 11) is -3.43. The predicted molar refractivity (Wildman–Crippen MR) is 88.1 cm³/mol. The Kier molecular flexibility index (Phi) is 4.56. The van der Waals surface area contributed by atoms with Crippen molar-refractivity contribution in [1.29, 1.82) is 0 Å². The van der Waals surface area contributed by atoms with Gasteiger partial charge in [0.15, 0.2) is 9.84 Å². The molecule has 3 rings (SSSR count). The Morgan fingerprint density at radius 1 is 1.18 bits per heavy atom. The zero-order valence-corrected chi connectivity index (χ0v) is 14.6. The molecule has 1 amide bonds. The third-order valence-corrected chi connectivity index (χ3v) is 6.37. The molecule has 2 heterocycles. The van der Waals surface area contributed by atoms with Crippen LogP contribution in [0, 0.1) is 11.8 Å². The molecule has 0 spiro atoms. The number of sulfone groups is 1. The standard InChI is InChI=1S/C15H19BrN2O3S/c16-14-3-1-11(2-4-14)9-22(20,21)10-15(19)18-7-12-5-17-6-13(12)8-18/h1-4,12-13,17H,5-10H2/t12-,13+. The average Bonchev–Trinajstić information content (AvgIpc) is 3.01. The Morgan fingerprint density at radius 3 is 2.36 bits per heavy atom. The second-order valence-corrected chi connectivity index (χ2v) is 9.12. The van der Waals surface area contributed by atoms with Gasteiger partial charge in [-0.25, -0.2) is 8.42 Å². The van der Waals surface area contributed by atoms with E-state index in [1.165, 1.54) is 0 Å². The SMILES string of the molecule is O=C(CS(=O)(=O)Cc1ccc(Br)cc1)N1C[C@H]2CNC[C@H]2C1. The zero-order chi connectivity index (χ0) is 15.7. The molecule has 2 aliphatic rings. The van der Waals surface area contributed by atoms with Crippen molar-refractivity contribution in [3.05, 3.63) is 34.3 Å². The van der Waals surface area contributed by atoms with Crippen molar-refractivity contribution in [2.75, 3.05) is 31.9 Å². The number of carbonyl (C=O) groups is 1. The molecule has 0 saturated carbocycles. The normalized spacial score (nSPS) is 24.5. The number of fused-ring (bicyclic) bond motifs is 1. The highest BCUT2D eigenvalue weighted by Gasteiger charge is 2.38. The van der Waals surface area contributed by atoms with Crippen molar-refractivity contribution in [2.45, 2.75) is 5.75 Å². The Hall–Kier alpha value is -0.920. The molecule has 0 aliphatic carbocycles. The van der Waals surface area contributed by atoms with E-state index >= 15 is 0 Å². The molecule has 2 fully saturated rings. The van der Waals surface area contributed by atoms with Crippen LogP contribution in [-0.2, 0) is 20.4 Å². The van der Waals surface area contributed by atoms with Crippen LogP contribution in [0.4, 0.5) is 0 Å². The fraction of sp³-hybridized carbons (Fsp3) is 0.533. The Morgan fingerprint density at radius 2 is 1.77 bits per heavy atom. The first-order chi connectivity index (χ1) is 10.4. The number of hydrogen-bond donors (Lipinski definition) is 1. The summed E-state index contributed by atoms with van der Waals surface area (Å²) >= 11 is 3.32. The lowest BCUT2D eigenvalue weighted by molar-refractivity contribution is -0.127. The lowest BCUT2D eigenvalue weighted by Gasteiger charge is -2.17. The van der Waals surface area contributed by atoms with Crippen LogP contribution in [0.15, 0.2) is 28.7 Å². The molecule has 1 N–H and O–H groups in total. The maximum atomic E-state index is 12.3. The van der Waals surface area contributed by atoms with Crippen molar-refractivity contribution in [3.8, 4) is 0 Å². The van der Waals surface area contributed by atoms with Crippen molar-refractivity contribution in [3.63, 3.8) is 0 Å². The van der Waals surface area contributed by atoms with Crippen molar-refractivity contribution in [2.24, 2.45) is 11.8 Å². The first kappa shape index (κ1) is 16.0. The van der Waals surface area contributed by atoms with Crippen LogP contribution in [0.2, 0.25) is 0 Å². The lowest BCUT2D eigenvalue weighted by Crippen LogP contribution is -2.36. The van der Waals surface area contributed by atoms with Crippen molar-refractivity contribution in [1.82, 2.24) is 10.2 Å². The Labute approximate surface area is 139 Å². The second-order valence-electron chi connectivity index (χ2n) is 6.14. The van der Waals surface area contributed by atoms with Gasteiger partial charge in [0, 0.05) is 30.7 Å². The molecule has 22 heavy (non-hydrogen) atoms. The van der Waals surface area contributed by atoms with Gasteiger partial charge in [-0.05, 0) is 29.5 Å². The minimum absolute atomic E-state index is 0.0890. The number of halogens is 1. The molecular formula is C15H19BrN2O3S. The fourth-order valence-electron chi connectivity index (χ4n) is 3.22. The van der Waals surface area contributed by atoms with E-state index in [9.17, 15) is 13.2 Å². The van der Waals surface area contributed by atoms with Crippen LogP contribution in [0.1, 0.15) is 5.56 Å². The van der Waals surface area contributed by atoms with Gasteiger partial charge in [-0.3, -0.25) is 4.79 Å². The summed E-state index contributed by atoms with van der Waals surface area (Å²) < 4.78 is 25.4. The molecule has 1 aromatic rings. The van der Waals surface area contributed by atoms with Crippen LogP contribution < -0.4 is 5.32 Å². The van der Waals surface area contributed by atoms with Gasteiger partial charge >= 0.3 is 0 Å². The van der Waals surface area contributed by atoms with Crippen LogP contribution >= 0.6 is 15.9 Å². The zero-order valence-electron chi connectivity index (χ0n) is 12.2. The van der Waals surface area contributed by atoms with Gasteiger partial charge in [-0.1, -0.05) is 28.1 Å². The number of amides is 1.